The fourth-order valence-corrected chi connectivity index (χ4v) is 8.23. The first-order valence-corrected chi connectivity index (χ1v) is 18.7. The van der Waals surface area contributed by atoms with E-state index in [-0.39, 0.29) is 5.41 Å². The van der Waals surface area contributed by atoms with Crippen molar-refractivity contribution in [2.75, 3.05) is 0 Å². The number of hydrogen-bond donors (Lipinski definition) is 0. The average Bonchev–Trinajstić information content (AvgIpc) is 3.56. The number of rotatable bonds is 5. The van der Waals surface area contributed by atoms with Crippen LogP contribution in [-0.2, 0) is 11.8 Å². The third-order valence-corrected chi connectivity index (χ3v) is 10.9. The van der Waals surface area contributed by atoms with E-state index < -0.39 is 0 Å². The molecule has 8 rings (SSSR count). The highest BCUT2D eigenvalue weighted by Crippen LogP contribution is 2.42. The molecule has 0 aliphatic heterocycles. The van der Waals surface area contributed by atoms with Gasteiger partial charge in [-0.1, -0.05) is 161 Å². The molecule has 3 aliphatic rings. The van der Waals surface area contributed by atoms with Crippen molar-refractivity contribution in [3.63, 3.8) is 0 Å². The van der Waals surface area contributed by atoms with Gasteiger partial charge in [0.1, 0.15) is 11.2 Å². The molecule has 0 N–H and O–H groups in total. The Morgan fingerprint density at radius 2 is 1.46 bits per heavy atom. The molecule has 4 aromatic carbocycles. The fourth-order valence-electron chi connectivity index (χ4n) is 8.23. The van der Waals surface area contributed by atoms with E-state index >= 15 is 0 Å². The van der Waals surface area contributed by atoms with Crippen LogP contribution in [0.25, 0.3) is 39.2 Å². The minimum Gasteiger partial charge on any atom is -0.455 e. The SMILES string of the molecule is C=C(/C=C\C(=C)C1=c2/cccc/c2=C(\C2=C\c3c(ccc4c3oc3ccccc34)Cc3ccccc3C(C)(C)C2)/C=C/CC/C=C/1)C1=CC=CCC1. The highest BCUT2D eigenvalue weighted by molar-refractivity contribution is 6.08. The van der Waals surface area contributed by atoms with Crippen molar-refractivity contribution in [2.45, 2.75) is 57.8 Å². The van der Waals surface area contributed by atoms with Crippen LogP contribution in [0.15, 0.2) is 179 Å². The van der Waals surface area contributed by atoms with Gasteiger partial charge in [0, 0.05) is 16.3 Å². The first-order valence-electron chi connectivity index (χ1n) is 18.7. The molecule has 0 bridgehead atoms. The molecule has 52 heavy (non-hydrogen) atoms. The Balaban J connectivity index is 1.40. The second-order valence-corrected chi connectivity index (χ2v) is 15.0. The first kappa shape index (κ1) is 33.5. The van der Waals surface area contributed by atoms with Crippen molar-refractivity contribution in [3.8, 4) is 0 Å². The molecule has 256 valence electrons. The topological polar surface area (TPSA) is 13.1 Å². The average molecular weight is 675 g/mol. The summed E-state index contributed by atoms with van der Waals surface area (Å²) in [6, 6.07) is 30.9. The Morgan fingerprint density at radius 1 is 0.712 bits per heavy atom. The van der Waals surface area contributed by atoms with Gasteiger partial charge in [0.2, 0.25) is 0 Å². The number of para-hydroxylation sites is 1. The highest BCUT2D eigenvalue weighted by Gasteiger charge is 2.29. The van der Waals surface area contributed by atoms with Crippen molar-refractivity contribution >= 4 is 39.2 Å². The Kier molecular flexibility index (Phi) is 9.12. The van der Waals surface area contributed by atoms with Crippen LogP contribution in [0.4, 0.5) is 0 Å². The second-order valence-electron chi connectivity index (χ2n) is 15.0. The molecule has 0 saturated heterocycles. The minimum atomic E-state index is -0.120. The molecule has 0 radical (unpaired) electrons. The maximum absolute atomic E-state index is 6.73. The van der Waals surface area contributed by atoms with Crippen molar-refractivity contribution in [1.29, 1.82) is 0 Å². The molecule has 0 saturated carbocycles. The van der Waals surface area contributed by atoms with Crippen LogP contribution in [0, 0.1) is 0 Å². The van der Waals surface area contributed by atoms with Gasteiger partial charge < -0.3 is 4.42 Å². The van der Waals surface area contributed by atoms with Crippen molar-refractivity contribution < 1.29 is 4.42 Å². The standard InChI is InChI=1S/C51H46O/c1-35(37-18-8-7-9-19-37)28-29-36(2)41-21-10-5-6-11-22-42(44-24-14-13-23-43(41)44)40-33-47-38(32-39-20-12-16-26-48(39)51(3,4)34-40)30-31-46-45-25-15-17-27-49(45)52-50(46)47/h7-8,10-18,20-31,33H,1-2,5-6,9,19,32,34H2,3-4H3/b21-10+,22-11+,29-28-,40-33+,43-41+,44-42+. The van der Waals surface area contributed by atoms with Crippen LogP contribution in [0.3, 0.4) is 0 Å². The Bertz CT molecular complexity index is 2560. The molecular formula is C51H46O. The molecule has 5 aromatic rings. The largest absolute Gasteiger partial charge is 0.455 e. The summed E-state index contributed by atoms with van der Waals surface area (Å²) >= 11 is 0. The maximum atomic E-state index is 6.73. The Hall–Kier alpha value is -5.66. The summed E-state index contributed by atoms with van der Waals surface area (Å²) in [5.74, 6) is 0. The van der Waals surface area contributed by atoms with Crippen LogP contribution >= 0.6 is 0 Å². The molecule has 0 spiro atoms. The smallest absolute Gasteiger partial charge is 0.142 e. The summed E-state index contributed by atoms with van der Waals surface area (Å²) in [7, 11) is 0. The lowest BCUT2D eigenvalue weighted by molar-refractivity contribution is 0.523. The van der Waals surface area contributed by atoms with E-state index in [1.54, 1.807) is 0 Å². The quantitative estimate of drug-likeness (QED) is 0.169. The Labute approximate surface area is 308 Å². The molecule has 0 fully saturated rings. The maximum Gasteiger partial charge on any atom is 0.142 e. The Morgan fingerprint density at radius 3 is 2.31 bits per heavy atom. The lowest BCUT2D eigenvalue weighted by Gasteiger charge is -2.29. The molecule has 0 amide bonds. The summed E-state index contributed by atoms with van der Waals surface area (Å²) in [5, 5.41) is 4.71. The van der Waals surface area contributed by atoms with Crippen LogP contribution in [0.1, 0.15) is 68.2 Å². The van der Waals surface area contributed by atoms with Gasteiger partial charge in [-0.2, -0.15) is 0 Å². The zero-order chi connectivity index (χ0) is 35.7. The van der Waals surface area contributed by atoms with Crippen LogP contribution in [-0.4, -0.2) is 0 Å². The van der Waals surface area contributed by atoms with Crippen LogP contribution < -0.4 is 10.4 Å². The van der Waals surface area contributed by atoms with Crippen molar-refractivity contribution in [1.82, 2.24) is 0 Å². The normalized spacial score (nSPS) is 21.4. The summed E-state index contributed by atoms with van der Waals surface area (Å²) in [5.41, 5.74) is 14.0. The van der Waals surface area contributed by atoms with E-state index in [1.165, 1.54) is 49.4 Å². The fraction of sp³-hybridized carbons (Fsp3) is 0.176. The number of benzene rings is 4. The van der Waals surface area contributed by atoms with E-state index in [4.69, 9.17) is 4.42 Å². The highest BCUT2D eigenvalue weighted by atomic mass is 16.3. The van der Waals surface area contributed by atoms with Gasteiger partial charge in [0.15, 0.2) is 0 Å². The molecule has 1 heterocycles. The van der Waals surface area contributed by atoms with Gasteiger partial charge in [-0.15, -0.1) is 0 Å². The number of allylic oxidation sites excluding steroid dienone is 13. The van der Waals surface area contributed by atoms with E-state index in [9.17, 15) is 0 Å². The monoisotopic (exact) mass is 674 g/mol. The number of fused-ring (bicyclic) bond motifs is 7. The van der Waals surface area contributed by atoms with E-state index in [1.807, 2.05) is 0 Å². The summed E-state index contributed by atoms with van der Waals surface area (Å²) in [6.07, 6.45) is 28.3. The van der Waals surface area contributed by atoms with Gasteiger partial charge in [-0.25, -0.2) is 0 Å². The number of furan rings is 1. The third kappa shape index (κ3) is 6.48. The summed E-state index contributed by atoms with van der Waals surface area (Å²) in [4.78, 5) is 0. The minimum absolute atomic E-state index is 0.120. The van der Waals surface area contributed by atoms with E-state index in [0.717, 1.165) is 77.2 Å². The van der Waals surface area contributed by atoms with E-state index in [2.05, 4.69) is 173 Å². The summed E-state index contributed by atoms with van der Waals surface area (Å²) in [6.45, 7) is 13.8. The molecular weight excluding hydrogens is 629 g/mol. The lowest BCUT2D eigenvalue weighted by Crippen LogP contribution is -2.30. The van der Waals surface area contributed by atoms with Crippen molar-refractivity contribution in [3.05, 3.63) is 208 Å². The van der Waals surface area contributed by atoms with Gasteiger partial charge in [-0.3, -0.25) is 0 Å². The summed E-state index contributed by atoms with van der Waals surface area (Å²) < 4.78 is 6.73. The molecule has 1 nitrogen and oxygen atoms in total. The molecule has 0 atom stereocenters. The van der Waals surface area contributed by atoms with Gasteiger partial charge in [-0.05, 0) is 117 Å². The molecule has 1 aromatic heterocycles. The molecule has 0 unspecified atom stereocenters. The van der Waals surface area contributed by atoms with Gasteiger partial charge in [0.05, 0.1) is 0 Å². The van der Waals surface area contributed by atoms with Crippen molar-refractivity contribution in [2.24, 2.45) is 0 Å². The zero-order valence-corrected chi connectivity index (χ0v) is 30.4. The number of hydrogen-bond acceptors (Lipinski definition) is 1. The third-order valence-electron chi connectivity index (χ3n) is 10.9. The van der Waals surface area contributed by atoms with Gasteiger partial charge >= 0.3 is 0 Å². The predicted octanol–water partition coefficient (Wildman–Crippen LogP) is 12.1. The molecule has 3 aliphatic carbocycles. The first-order chi connectivity index (χ1) is 25.4. The lowest BCUT2D eigenvalue weighted by atomic mass is 9.75. The van der Waals surface area contributed by atoms with E-state index in [0.29, 0.717) is 0 Å². The predicted molar refractivity (Wildman–Crippen MR) is 222 cm³/mol. The molecule has 1 heteroatoms. The van der Waals surface area contributed by atoms with Crippen LogP contribution in [0.2, 0.25) is 0 Å². The van der Waals surface area contributed by atoms with Gasteiger partial charge in [0.25, 0.3) is 0 Å². The van der Waals surface area contributed by atoms with Crippen LogP contribution in [0.5, 0.6) is 0 Å². The second kappa shape index (κ2) is 14.2. The zero-order valence-electron chi connectivity index (χ0n) is 30.4.